The summed E-state index contributed by atoms with van der Waals surface area (Å²) in [6, 6.07) is 9.00. The largest absolute Gasteiger partial charge is 0.508 e. The van der Waals surface area contributed by atoms with E-state index in [0.717, 1.165) is 23.6 Å². The van der Waals surface area contributed by atoms with Crippen LogP contribution in [0, 0.1) is 0 Å². The summed E-state index contributed by atoms with van der Waals surface area (Å²) in [5.41, 5.74) is 0.114. The fourth-order valence-electron chi connectivity index (χ4n) is 2.28. The van der Waals surface area contributed by atoms with Crippen molar-refractivity contribution in [2.75, 3.05) is 0 Å². The Hall–Kier alpha value is -1.83. The van der Waals surface area contributed by atoms with Crippen LogP contribution in [0.5, 0.6) is 5.75 Å². The van der Waals surface area contributed by atoms with E-state index in [1.54, 1.807) is 18.2 Å². The topological polar surface area (TPSA) is 49.7 Å². The number of isocyanates is 1. The summed E-state index contributed by atoms with van der Waals surface area (Å²) in [6.07, 6.45) is 3.12. The average molecular weight is 260 g/mol. The van der Waals surface area contributed by atoms with Crippen molar-refractivity contribution in [2.24, 2.45) is 4.99 Å². The number of phenols is 1. The number of aromatic hydroxyl groups is 1. The van der Waals surface area contributed by atoms with Crippen molar-refractivity contribution in [3.63, 3.8) is 0 Å². The summed E-state index contributed by atoms with van der Waals surface area (Å²) in [4.78, 5) is 14.3. The molecule has 1 N–H and O–H groups in total. The Kier molecular flexibility index (Phi) is 2.40. The van der Waals surface area contributed by atoms with Gasteiger partial charge in [-0.3, -0.25) is 0 Å². The van der Waals surface area contributed by atoms with E-state index in [0.29, 0.717) is 10.6 Å². The first-order valence-electron chi connectivity index (χ1n) is 5.66. The van der Waals surface area contributed by atoms with Gasteiger partial charge in [0.15, 0.2) is 0 Å². The minimum absolute atomic E-state index is 0.168. The van der Waals surface area contributed by atoms with Gasteiger partial charge in [-0.2, -0.15) is 4.99 Å². The van der Waals surface area contributed by atoms with Gasteiger partial charge < -0.3 is 5.11 Å². The van der Waals surface area contributed by atoms with Crippen LogP contribution >= 0.6 is 11.6 Å². The highest BCUT2D eigenvalue weighted by atomic mass is 35.5. The third kappa shape index (κ3) is 1.69. The van der Waals surface area contributed by atoms with Crippen LogP contribution in [-0.2, 0) is 10.3 Å². The lowest BCUT2D eigenvalue weighted by Gasteiger charge is -2.12. The van der Waals surface area contributed by atoms with Crippen LogP contribution in [0.2, 0.25) is 5.02 Å². The first kappa shape index (κ1) is 11.3. The number of phenolic OH excluding ortho intramolecular Hbond substituents is 1. The number of rotatable bonds is 2. The summed E-state index contributed by atoms with van der Waals surface area (Å²) in [5.74, 6) is 0.168. The molecule has 1 saturated carbocycles. The van der Waals surface area contributed by atoms with E-state index in [1.807, 2.05) is 18.2 Å². The third-order valence-electron chi connectivity index (χ3n) is 3.40. The van der Waals surface area contributed by atoms with Gasteiger partial charge in [0.2, 0.25) is 6.08 Å². The fraction of sp³-hybridized carbons (Fsp3) is 0.214. The average Bonchev–Trinajstić information content (AvgIpc) is 3.10. The van der Waals surface area contributed by atoms with Gasteiger partial charge in [0, 0.05) is 10.6 Å². The maximum Gasteiger partial charge on any atom is 0.235 e. The lowest BCUT2D eigenvalue weighted by molar-refractivity contribution is 0.460. The number of aliphatic imine (C=N–C) groups is 1. The first-order chi connectivity index (χ1) is 8.64. The zero-order valence-electron chi connectivity index (χ0n) is 9.48. The second-order valence-electron chi connectivity index (χ2n) is 4.60. The van der Waals surface area contributed by atoms with Crippen molar-refractivity contribution in [1.82, 2.24) is 0 Å². The van der Waals surface area contributed by atoms with Crippen LogP contribution in [0.4, 0.5) is 0 Å². The molecule has 0 bridgehead atoms. The molecule has 4 heteroatoms. The highest BCUT2D eigenvalue weighted by Crippen LogP contribution is 2.52. The van der Waals surface area contributed by atoms with Gasteiger partial charge in [-0.1, -0.05) is 17.7 Å². The molecule has 0 aliphatic heterocycles. The van der Waals surface area contributed by atoms with Crippen molar-refractivity contribution >= 4 is 28.5 Å². The van der Waals surface area contributed by atoms with Gasteiger partial charge >= 0.3 is 0 Å². The van der Waals surface area contributed by atoms with E-state index >= 15 is 0 Å². The first-order valence-corrected chi connectivity index (χ1v) is 6.04. The van der Waals surface area contributed by atoms with Crippen LogP contribution in [0.1, 0.15) is 18.4 Å². The number of halogens is 1. The molecule has 18 heavy (non-hydrogen) atoms. The van der Waals surface area contributed by atoms with Crippen LogP contribution in [0.15, 0.2) is 35.3 Å². The number of nitrogens with zero attached hydrogens (tertiary/aromatic N) is 1. The Morgan fingerprint density at radius 2 is 2.00 bits per heavy atom. The Balaban J connectivity index is 2.24. The molecule has 2 aromatic rings. The highest BCUT2D eigenvalue weighted by molar-refractivity contribution is 6.31. The normalized spacial score (nSPS) is 16.3. The molecular formula is C14H10ClNO2. The Labute approximate surface area is 109 Å². The molecule has 0 radical (unpaired) electrons. The van der Waals surface area contributed by atoms with E-state index in [1.165, 1.54) is 0 Å². The number of fused-ring (bicyclic) bond motifs is 1. The second kappa shape index (κ2) is 3.84. The smallest absolute Gasteiger partial charge is 0.235 e. The molecule has 3 rings (SSSR count). The van der Waals surface area contributed by atoms with E-state index in [-0.39, 0.29) is 5.75 Å². The Morgan fingerprint density at radius 1 is 1.22 bits per heavy atom. The predicted molar refractivity (Wildman–Crippen MR) is 69.7 cm³/mol. The molecule has 0 amide bonds. The van der Waals surface area contributed by atoms with Gasteiger partial charge in [-0.05, 0) is 47.9 Å². The van der Waals surface area contributed by atoms with E-state index in [2.05, 4.69) is 4.99 Å². The zero-order valence-corrected chi connectivity index (χ0v) is 10.2. The van der Waals surface area contributed by atoms with Crippen molar-refractivity contribution in [3.8, 4) is 5.75 Å². The number of hydrogen-bond acceptors (Lipinski definition) is 3. The second-order valence-corrected chi connectivity index (χ2v) is 5.03. The zero-order chi connectivity index (χ0) is 12.8. The Morgan fingerprint density at radius 3 is 2.67 bits per heavy atom. The van der Waals surface area contributed by atoms with Crippen molar-refractivity contribution in [3.05, 3.63) is 40.9 Å². The van der Waals surface area contributed by atoms with Crippen molar-refractivity contribution < 1.29 is 9.90 Å². The monoisotopic (exact) mass is 259 g/mol. The highest BCUT2D eigenvalue weighted by Gasteiger charge is 2.46. The molecule has 1 aliphatic rings. The molecule has 1 fully saturated rings. The molecular weight excluding hydrogens is 250 g/mol. The molecule has 3 nitrogen and oxygen atoms in total. The van der Waals surface area contributed by atoms with Gasteiger partial charge in [0.05, 0.1) is 0 Å². The maximum absolute atomic E-state index is 10.5. The summed E-state index contributed by atoms with van der Waals surface area (Å²) in [7, 11) is 0. The maximum atomic E-state index is 10.5. The summed E-state index contributed by atoms with van der Waals surface area (Å²) in [5, 5.41) is 12.5. The molecule has 90 valence electrons. The lowest BCUT2D eigenvalue weighted by atomic mass is 9.99. The third-order valence-corrected chi connectivity index (χ3v) is 3.64. The summed E-state index contributed by atoms with van der Waals surface area (Å²) >= 11 is 5.95. The van der Waals surface area contributed by atoms with Crippen molar-refractivity contribution in [1.29, 1.82) is 0 Å². The molecule has 0 unspecified atom stereocenters. The van der Waals surface area contributed by atoms with Crippen LogP contribution in [0.3, 0.4) is 0 Å². The number of benzene rings is 2. The fourth-order valence-corrected chi connectivity index (χ4v) is 2.46. The standard InChI is InChI=1S/C14H10ClNO2/c15-11-2-1-9-7-13(18)12(6-10(9)5-11)14(3-4-14)16-8-17/h1-2,5-7,18H,3-4H2. The summed E-state index contributed by atoms with van der Waals surface area (Å²) in [6.45, 7) is 0. The van der Waals surface area contributed by atoms with Gasteiger partial charge in [-0.15, -0.1) is 0 Å². The molecule has 0 atom stereocenters. The lowest BCUT2D eigenvalue weighted by Crippen LogP contribution is -2.02. The SMILES string of the molecule is O=C=NC1(c2cc3cc(Cl)ccc3cc2O)CC1. The Bertz CT molecular complexity index is 685. The van der Waals surface area contributed by atoms with Gasteiger partial charge in [0.25, 0.3) is 0 Å². The minimum Gasteiger partial charge on any atom is -0.508 e. The summed E-state index contributed by atoms with van der Waals surface area (Å²) < 4.78 is 0. The molecule has 0 aromatic heterocycles. The van der Waals surface area contributed by atoms with E-state index < -0.39 is 5.54 Å². The van der Waals surface area contributed by atoms with Gasteiger partial charge in [-0.25, -0.2) is 4.79 Å². The van der Waals surface area contributed by atoms with Crippen LogP contribution < -0.4 is 0 Å². The minimum atomic E-state index is -0.567. The molecule has 0 saturated heterocycles. The van der Waals surface area contributed by atoms with Gasteiger partial charge in [0.1, 0.15) is 11.3 Å². The quantitative estimate of drug-likeness (QED) is 0.663. The molecule has 0 spiro atoms. The van der Waals surface area contributed by atoms with E-state index in [9.17, 15) is 9.90 Å². The van der Waals surface area contributed by atoms with Crippen molar-refractivity contribution in [2.45, 2.75) is 18.4 Å². The molecule has 0 heterocycles. The number of hydrogen-bond donors (Lipinski definition) is 1. The molecule has 1 aliphatic carbocycles. The van der Waals surface area contributed by atoms with Crippen LogP contribution in [0.25, 0.3) is 10.8 Å². The van der Waals surface area contributed by atoms with Crippen LogP contribution in [-0.4, -0.2) is 11.2 Å². The number of carbonyl (C=O) groups excluding carboxylic acids is 1. The van der Waals surface area contributed by atoms with E-state index in [4.69, 9.17) is 11.6 Å². The predicted octanol–water partition coefficient (Wildman–Crippen LogP) is 3.52. The molecule has 2 aromatic carbocycles.